The summed E-state index contributed by atoms with van der Waals surface area (Å²) in [5, 5.41) is 15.5. The summed E-state index contributed by atoms with van der Waals surface area (Å²) < 4.78 is 40.3. The second-order valence-corrected chi connectivity index (χ2v) is 6.57. The molecule has 0 aliphatic carbocycles. The molecule has 30 heavy (non-hydrogen) atoms. The number of aromatic nitrogens is 4. The fraction of sp³-hybridized carbons (Fsp3) is 0.211. The fourth-order valence-corrected chi connectivity index (χ4v) is 2.80. The van der Waals surface area contributed by atoms with Gasteiger partial charge in [0, 0.05) is 23.2 Å². The molecule has 1 amide bonds. The quantitative estimate of drug-likeness (QED) is 0.660. The molecular formula is C19H14ClF3N6O. The number of nitrogens with zero attached hydrogens (tertiary/aromatic N) is 5. The number of benzene rings is 1. The number of pyridine rings is 1. The van der Waals surface area contributed by atoms with Gasteiger partial charge in [-0.05, 0) is 30.3 Å². The van der Waals surface area contributed by atoms with E-state index in [0.717, 1.165) is 18.2 Å². The van der Waals surface area contributed by atoms with Gasteiger partial charge in [-0.2, -0.15) is 23.1 Å². The van der Waals surface area contributed by atoms with Gasteiger partial charge in [0.2, 0.25) is 0 Å². The maximum Gasteiger partial charge on any atom is 0.416 e. The Balaban J connectivity index is 1.84. The lowest BCUT2D eigenvalue weighted by molar-refractivity contribution is -0.137. The Kier molecular flexibility index (Phi) is 6.03. The van der Waals surface area contributed by atoms with Crippen molar-refractivity contribution in [3.05, 3.63) is 69.9 Å². The number of aryl methyl sites for hydroxylation is 1. The van der Waals surface area contributed by atoms with Crippen LogP contribution in [0.15, 0.2) is 36.5 Å². The third kappa shape index (κ3) is 4.75. The van der Waals surface area contributed by atoms with Gasteiger partial charge in [-0.1, -0.05) is 18.5 Å². The van der Waals surface area contributed by atoms with Crippen molar-refractivity contribution in [3.8, 4) is 11.9 Å². The lowest BCUT2D eigenvalue weighted by atomic mass is 10.1. The molecule has 0 aliphatic heterocycles. The lowest BCUT2D eigenvalue weighted by Gasteiger charge is -2.10. The zero-order valence-corrected chi connectivity index (χ0v) is 16.3. The molecule has 1 N–H and O–H groups in total. The first-order valence-electron chi connectivity index (χ1n) is 8.68. The highest BCUT2D eigenvalue weighted by atomic mass is 35.5. The monoisotopic (exact) mass is 434 g/mol. The van der Waals surface area contributed by atoms with E-state index in [1.807, 2.05) is 13.0 Å². The molecule has 3 aromatic rings. The van der Waals surface area contributed by atoms with Crippen LogP contribution in [-0.2, 0) is 19.1 Å². The number of nitriles is 1. The van der Waals surface area contributed by atoms with E-state index in [-0.39, 0.29) is 17.1 Å². The minimum atomic E-state index is -4.63. The minimum absolute atomic E-state index is 0.110. The Hall–Kier alpha value is -3.45. The van der Waals surface area contributed by atoms with Crippen LogP contribution in [-0.4, -0.2) is 25.7 Å². The van der Waals surface area contributed by atoms with E-state index in [4.69, 9.17) is 16.9 Å². The molecule has 2 aromatic heterocycles. The van der Waals surface area contributed by atoms with Gasteiger partial charge in [-0.15, -0.1) is 5.10 Å². The summed E-state index contributed by atoms with van der Waals surface area (Å²) in [5.41, 5.74) is -0.877. The van der Waals surface area contributed by atoms with E-state index < -0.39 is 17.6 Å². The molecule has 2 heterocycles. The van der Waals surface area contributed by atoms with Crippen LogP contribution in [0.1, 0.15) is 40.1 Å². The molecule has 0 unspecified atom stereocenters. The van der Waals surface area contributed by atoms with Crippen molar-refractivity contribution in [2.75, 3.05) is 0 Å². The number of rotatable bonds is 5. The van der Waals surface area contributed by atoms with Crippen molar-refractivity contribution in [2.45, 2.75) is 26.1 Å². The second-order valence-electron chi connectivity index (χ2n) is 6.14. The standard InChI is InChI=1S/C19H14ClF3N6O/c1-2-15-27-17(29(28-15)16-4-3-11(8-24)9-25-16)10-26-18(30)12-5-13(19(21,22)23)7-14(20)6-12/h3-7,9H,2,10H2,1H3,(H,26,30). The normalized spacial score (nSPS) is 11.2. The van der Waals surface area contributed by atoms with E-state index in [0.29, 0.717) is 29.5 Å². The maximum absolute atomic E-state index is 13.0. The number of halogens is 4. The molecule has 0 saturated heterocycles. The molecule has 11 heteroatoms. The van der Waals surface area contributed by atoms with Gasteiger partial charge in [0.05, 0.1) is 17.7 Å². The van der Waals surface area contributed by atoms with Crippen LogP contribution in [0.2, 0.25) is 5.02 Å². The van der Waals surface area contributed by atoms with Crippen LogP contribution < -0.4 is 5.32 Å². The third-order valence-electron chi connectivity index (χ3n) is 4.02. The fourth-order valence-electron chi connectivity index (χ4n) is 2.56. The van der Waals surface area contributed by atoms with Crippen LogP contribution in [0, 0.1) is 11.3 Å². The summed E-state index contributed by atoms with van der Waals surface area (Å²) in [6, 6.07) is 7.72. The van der Waals surface area contributed by atoms with Crippen LogP contribution in [0.25, 0.3) is 5.82 Å². The smallest absolute Gasteiger partial charge is 0.345 e. The van der Waals surface area contributed by atoms with Gasteiger partial charge >= 0.3 is 6.18 Å². The van der Waals surface area contributed by atoms with Crippen LogP contribution in [0.5, 0.6) is 0 Å². The van der Waals surface area contributed by atoms with Gasteiger partial charge in [0.15, 0.2) is 17.5 Å². The molecule has 0 saturated carbocycles. The Bertz CT molecular complexity index is 1120. The van der Waals surface area contributed by atoms with Crippen molar-refractivity contribution < 1.29 is 18.0 Å². The number of nitrogens with one attached hydrogen (secondary N) is 1. The summed E-state index contributed by atoms with van der Waals surface area (Å²) in [6.07, 6.45) is -2.74. The summed E-state index contributed by atoms with van der Waals surface area (Å²) >= 11 is 5.73. The van der Waals surface area contributed by atoms with E-state index in [1.165, 1.54) is 10.9 Å². The van der Waals surface area contributed by atoms with Gasteiger partial charge in [0.1, 0.15) is 6.07 Å². The molecule has 0 radical (unpaired) electrons. The second kappa shape index (κ2) is 8.51. The van der Waals surface area contributed by atoms with E-state index in [9.17, 15) is 18.0 Å². The number of carbonyl (C=O) groups is 1. The number of carbonyl (C=O) groups excluding carboxylic acids is 1. The van der Waals surface area contributed by atoms with Crippen LogP contribution in [0.4, 0.5) is 13.2 Å². The molecule has 0 bridgehead atoms. The summed E-state index contributed by atoms with van der Waals surface area (Å²) in [6.45, 7) is 1.74. The van der Waals surface area contributed by atoms with Crippen molar-refractivity contribution in [1.82, 2.24) is 25.1 Å². The molecule has 1 aromatic carbocycles. The van der Waals surface area contributed by atoms with Crippen molar-refractivity contribution in [1.29, 1.82) is 5.26 Å². The van der Waals surface area contributed by atoms with Crippen molar-refractivity contribution in [3.63, 3.8) is 0 Å². The lowest BCUT2D eigenvalue weighted by Crippen LogP contribution is -2.25. The average molecular weight is 435 g/mol. The molecule has 0 aliphatic rings. The van der Waals surface area contributed by atoms with Gasteiger partial charge in [-0.25, -0.2) is 9.97 Å². The number of hydrogen-bond donors (Lipinski definition) is 1. The Morgan fingerprint density at radius 3 is 2.67 bits per heavy atom. The molecule has 0 spiro atoms. The topological polar surface area (TPSA) is 96.5 Å². The van der Waals surface area contributed by atoms with Crippen LogP contribution in [0.3, 0.4) is 0 Å². The first-order valence-corrected chi connectivity index (χ1v) is 9.06. The SMILES string of the molecule is CCc1nc(CNC(=O)c2cc(Cl)cc(C(F)(F)F)c2)n(-c2ccc(C#N)cn2)n1. The van der Waals surface area contributed by atoms with E-state index in [1.54, 1.807) is 12.1 Å². The first kappa shape index (κ1) is 21.3. The Labute approximate surface area is 174 Å². The van der Waals surface area contributed by atoms with Crippen molar-refractivity contribution in [2.24, 2.45) is 0 Å². The largest absolute Gasteiger partial charge is 0.416 e. The van der Waals surface area contributed by atoms with Gasteiger partial charge < -0.3 is 5.32 Å². The summed E-state index contributed by atoms with van der Waals surface area (Å²) in [7, 11) is 0. The van der Waals surface area contributed by atoms with Crippen molar-refractivity contribution >= 4 is 17.5 Å². The number of amides is 1. The number of alkyl halides is 3. The molecule has 0 atom stereocenters. The predicted octanol–water partition coefficient (Wildman–Crippen LogP) is 3.70. The molecule has 154 valence electrons. The highest BCUT2D eigenvalue weighted by Crippen LogP contribution is 2.31. The molecule has 0 fully saturated rings. The molecular weight excluding hydrogens is 421 g/mol. The predicted molar refractivity (Wildman–Crippen MR) is 101 cm³/mol. The zero-order chi connectivity index (χ0) is 21.9. The highest BCUT2D eigenvalue weighted by molar-refractivity contribution is 6.31. The van der Waals surface area contributed by atoms with Gasteiger partial charge in [0.25, 0.3) is 5.91 Å². The molecule has 7 nitrogen and oxygen atoms in total. The summed E-state index contributed by atoms with van der Waals surface area (Å²) in [4.78, 5) is 20.9. The van der Waals surface area contributed by atoms with Crippen LogP contribution >= 0.6 is 11.6 Å². The van der Waals surface area contributed by atoms with E-state index in [2.05, 4.69) is 20.4 Å². The average Bonchev–Trinajstić information content (AvgIpc) is 3.14. The maximum atomic E-state index is 13.0. The number of hydrogen-bond acceptors (Lipinski definition) is 5. The Morgan fingerprint density at radius 2 is 2.07 bits per heavy atom. The Morgan fingerprint density at radius 1 is 1.30 bits per heavy atom. The molecule has 3 rings (SSSR count). The first-order chi connectivity index (χ1) is 14.2. The minimum Gasteiger partial charge on any atom is -0.345 e. The summed E-state index contributed by atoms with van der Waals surface area (Å²) in [5.74, 6) is 0.457. The van der Waals surface area contributed by atoms with Gasteiger partial charge in [-0.3, -0.25) is 4.79 Å². The zero-order valence-electron chi connectivity index (χ0n) is 15.5. The van der Waals surface area contributed by atoms with E-state index >= 15 is 0 Å². The highest BCUT2D eigenvalue weighted by Gasteiger charge is 2.31. The third-order valence-corrected chi connectivity index (χ3v) is 4.24.